The van der Waals surface area contributed by atoms with Gasteiger partial charge < -0.3 is 19.8 Å². The monoisotopic (exact) mass is 410 g/mol. The van der Waals surface area contributed by atoms with E-state index in [4.69, 9.17) is 9.47 Å². The zero-order valence-electron chi connectivity index (χ0n) is 16.3. The van der Waals surface area contributed by atoms with Crippen LogP contribution < -0.4 is 10.1 Å². The van der Waals surface area contributed by atoms with Crippen LogP contribution in [0, 0.1) is 5.82 Å². The first kappa shape index (κ1) is 18.5. The summed E-state index contributed by atoms with van der Waals surface area (Å²) in [7, 11) is 0. The third-order valence-electron chi connectivity index (χ3n) is 4.83. The highest BCUT2D eigenvalue weighted by molar-refractivity contribution is 5.94. The number of carbonyl (C=O) groups is 1. The molecule has 154 valence electrons. The number of ether oxygens (including phenoxy) is 2. The van der Waals surface area contributed by atoms with Crippen LogP contribution in [0.3, 0.4) is 0 Å². The zero-order valence-corrected chi connectivity index (χ0v) is 16.3. The quantitative estimate of drug-likeness (QED) is 0.535. The van der Waals surface area contributed by atoms with Gasteiger partial charge in [0.15, 0.2) is 16.9 Å². The molecular weight excluding hydrogens is 391 g/mol. The summed E-state index contributed by atoms with van der Waals surface area (Å²) in [5.74, 6) is -0.0749. The topological polar surface area (TPSA) is 107 Å². The molecule has 5 rings (SSSR count). The van der Waals surface area contributed by atoms with Gasteiger partial charge in [-0.1, -0.05) is 0 Å². The maximum atomic E-state index is 13.9. The summed E-state index contributed by atoms with van der Waals surface area (Å²) < 4.78 is 26.3. The van der Waals surface area contributed by atoms with Gasteiger partial charge in [0, 0.05) is 17.6 Å². The molecule has 1 aliphatic heterocycles. The fourth-order valence-electron chi connectivity index (χ4n) is 3.37. The number of carbonyl (C=O) groups excluding carboxylic acids is 1. The van der Waals surface area contributed by atoms with Crippen LogP contribution in [0.25, 0.3) is 33.5 Å². The largest absolute Gasteiger partial charge is 0.412 e. The molecule has 0 aliphatic carbocycles. The number of hydrogen-bond donors (Lipinski definition) is 2. The number of rotatable bonds is 4. The summed E-state index contributed by atoms with van der Waals surface area (Å²) in [5.41, 5.74) is 2.62. The maximum Gasteiger partial charge on any atom is 0.412 e. The number of hydrogen-bond acceptors (Lipinski definition) is 6. The first-order valence-electron chi connectivity index (χ1n) is 9.58. The molecule has 0 atom stereocenters. The Labute approximate surface area is 170 Å². The summed E-state index contributed by atoms with van der Waals surface area (Å²) in [6.45, 7) is 4.73. The van der Waals surface area contributed by atoms with E-state index in [1.165, 1.54) is 18.3 Å². The Kier molecular flexibility index (Phi) is 4.35. The fraction of sp³-hybridized carbons (Fsp3) is 0.300. The number of fused-ring (bicyclic) bond motifs is 2. The first-order valence-corrected chi connectivity index (χ1v) is 9.58. The van der Waals surface area contributed by atoms with Crippen LogP contribution in [-0.4, -0.2) is 50.1 Å². The molecular formula is C20H19FN6O3. The van der Waals surface area contributed by atoms with Crippen molar-refractivity contribution in [2.75, 3.05) is 13.2 Å². The molecule has 4 aromatic rings. The van der Waals surface area contributed by atoms with Crippen LogP contribution >= 0.6 is 0 Å². The smallest absolute Gasteiger partial charge is 0.406 e. The van der Waals surface area contributed by atoms with Gasteiger partial charge in [-0.25, -0.2) is 19.2 Å². The molecule has 0 spiro atoms. The van der Waals surface area contributed by atoms with E-state index in [0.717, 1.165) is 5.39 Å². The lowest BCUT2D eigenvalue weighted by Crippen LogP contribution is -2.32. The van der Waals surface area contributed by atoms with Gasteiger partial charge in [-0.3, -0.25) is 4.68 Å². The van der Waals surface area contributed by atoms with Crippen molar-refractivity contribution in [1.29, 1.82) is 0 Å². The number of benzene rings is 1. The minimum absolute atomic E-state index is 0.0469. The van der Waals surface area contributed by atoms with Gasteiger partial charge in [-0.15, -0.1) is 0 Å². The summed E-state index contributed by atoms with van der Waals surface area (Å²) in [5, 5.41) is 8.10. The van der Waals surface area contributed by atoms with Crippen LogP contribution in [0.2, 0.25) is 0 Å². The number of H-pyrrole nitrogens is 1. The molecule has 0 bridgehead atoms. The van der Waals surface area contributed by atoms with Gasteiger partial charge in [-0.05, 0) is 32.0 Å². The Bertz CT molecular complexity index is 1260. The maximum absolute atomic E-state index is 13.9. The third-order valence-corrected chi connectivity index (χ3v) is 4.83. The second kappa shape index (κ2) is 7.06. The Hall–Kier alpha value is -3.53. The molecule has 1 amide bonds. The second-order valence-electron chi connectivity index (χ2n) is 7.44. The van der Waals surface area contributed by atoms with Crippen LogP contribution in [0.15, 0.2) is 30.6 Å². The van der Waals surface area contributed by atoms with Crippen molar-refractivity contribution in [3.63, 3.8) is 0 Å². The van der Waals surface area contributed by atoms with E-state index in [0.29, 0.717) is 41.3 Å². The molecule has 4 heterocycles. The van der Waals surface area contributed by atoms with E-state index in [9.17, 15) is 9.18 Å². The Morgan fingerprint density at radius 3 is 2.97 bits per heavy atom. The predicted octanol–water partition coefficient (Wildman–Crippen LogP) is 3.18. The number of aromatic amines is 1. The van der Waals surface area contributed by atoms with Crippen molar-refractivity contribution in [2.45, 2.75) is 25.9 Å². The van der Waals surface area contributed by atoms with Crippen LogP contribution in [0.4, 0.5) is 9.18 Å². The van der Waals surface area contributed by atoms with E-state index in [1.807, 2.05) is 13.8 Å². The minimum Gasteiger partial charge on any atom is -0.406 e. The van der Waals surface area contributed by atoms with E-state index < -0.39 is 6.09 Å². The molecule has 3 aromatic heterocycles. The van der Waals surface area contributed by atoms with Crippen LogP contribution in [0.5, 0.6) is 5.75 Å². The molecule has 1 aliphatic rings. The van der Waals surface area contributed by atoms with Crippen LogP contribution in [-0.2, 0) is 4.74 Å². The van der Waals surface area contributed by atoms with Gasteiger partial charge >= 0.3 is 6.09 Å². The summed E-state index contributed by atoms with van der Waals surface area (Å²) in [6.07, 6.45) is 2.55. The van der Waals surface area contributed by atoms with E-state index in [1.54, 1.807) is 16.9 Å². The Morgan fingerprint density at radius 2 is 2.23 bits per heavy atom. The number of nitrogens with one attached hydrogen (secondary N) is 2. The van der Waals surface area contributed by atoms with Crippen molar-refractivity contribution >= 4 is 28.2 Å². The standard InChI is InChI=1S/C20H19FN6O3/c1-10(2)24-20(28)30-16-7-23-19-18(16)25-14(6-22-19)17-13-4-3-11(21)5-15(13)27(26-17)12-8-29-9-12/h3-7,10,12H,8-9H2,1-2H3,(H,22,23)(H,24,28). The van der Waals surface area contributed by atoms with Crippen molar-refractivity contribution < 1.29 is 18.7 Å². The summed E-state index contributed by atoms with van der Waals surface area (Å²) >= 11 is 0. The highest BCUT2D eigenvalue weighted by Crippen LogP contribution is 2.32. The Morgan fingerprint density at radius 1 is 1.40 bits per heavy atom. The fourth-order valence-corrected chi connectivity index (χ4v) is 3.37. The minimum atomic E-state index is -0.576. The average molecular weight is 410 g/mol. The lowest BCUT2D eigenvalue weighted by molar-refractivity contribution is -0.0265. The number of amides is 1. The molecule has 1 saturated heterocycles. The molecule has 0 radical (unpaired) electrons. The molecule has 10 heteroatoms. The van der Waals surface area contributed by atoms with Crippen molar-refractivity contribution in [1.82, 2.24) is 30.0 Å². The van der Waals surface area contributed by atoms with Gasteiger partial charge in [0.1, 0.15) is 17.2 Å². The number of nitrogens with zero attached hydrogens (tertiary/aromatic N) is 4. The first-order chi connectivity index (χ1) is 14.5. The van der Waals surface area contributed by atoms with E-state index >= 15 is 0 Å². The summed E-state index contributed by atoms with van der Waals surface area (Å²) in [6, 6.07) is 4.51. The number of halogens is 1. The normalized spacial score (nSPS) is 14.4. The van der Waals surface area contributed by atoms with E-state index in [2.05, 4.69) is 25.4 Å². The van der Waals surface area contributed by atoms with Gasteiger partial charge in [0.2, 0.25) is 0 Å². The number of aromatic nitrogens is 5. The summed E-state index contributed by atoms with van der Waals surface area (Å²) in [4.78, 5) is 23.9. The van der Waals surface area contributed by atoms with Gasteiger partial charge in [-0.2, -0.15) is 5.10 Å². The Balaban J connectivity index is 1.59. The van der Waals surface area contributed by atoms with Crippen molar-refractivity contribution in [3.8, 4) is 17.1 Å². The second-order valence-corrected chi connectivity index (χ2v) is 7.44. The molecule has 0 saturated carbocycles. The zero-order chi connectivity index (χ0) is 20.8. The molecule has 1 fully saturated rings. The van der Waals surface area contributed by atoms with E-state index in [-0.39, 0.29) is 23.7 Å². The molecule has 2 N–H and O–H groups in total. The van der Waals surface area contributed by atoms with Gasteiger partial charge in [0.05, 0.1) is 31.0 Å². The lowest BCUT2D eigenvalue weighted by atomic mass is 10.1. The lowest BCUT2D eigenvalue weighted by Gasteiger charge is -2.26. The van der Waals surface area contributed by atoms with Crippen molar-refractivity contribution in [2.24, 2.45) is 0 Å². The molecule has 1 aromatic carbocycles. The highest BCUT2D eigenvalue weighted by Gasteiger charge is 2.26. The molecule has 30 heavy (non-hydrogen) atoms. The van der Waals surface area contributed by atoms with Crippen molar-refractivity contribution in [3.05, 3.63) is 36.4 Å². The highest BCUT2D eigenvalue weighted by atomic mass is 19.1. The average Bonchev–Trinajstić information content (AvgIpc) is 3.21. The SMILES string of the molecule is CC(C)NC(=O)Oc1c[nH]c2ncc(-c3nn(C4COC4)c4cc(F)ccc34)nc12. The predicted molar refractivity (Wildman–Crippen MR) is 107 cm³/mol. The molecule has 0 unspecified atom stereocenters. The van der Waals surface area contributed by atoms with Gasteiger partial charge in [0.25, 0.3) is 0 Å². The molecule has 9 nitrogen and oxygen atoms in total. The third kappa shape index (κ3) is 3.14. The van der Waals surface area contributed by atoms with Crippen LogP contribution in [0.1, 0.15) is 19.9 Å².